The van der Waals surface area contributed by atoms with Crippen LogP contribution in [0.4, 0.5) is 4.79 Å². The molecule has 0 saturated carbocycles. The number of likely N-dealkylation sites (N-methyl/N-ethyl adjacent to an activating group) is 1. The number of carbonyl (C=O) groups is 2. The lowest BCUT2D eigenvalue weighted by Crippen LogP contribution is -2.45. The van der Waals surface area contributed by atoms with Crippen LogP contribution in [-0.2, 0) is 14.4 Å². The van der Waals surface area contributed by atoms with Crippen LogP contribution in [0.2, 0.25) is 0 Å². The third-order valence-electron chi connectivity index (χ3n) is 1.56. The predicted molar refractivity (Wildman–Crippen MR) is 49.4 cm³/mol. The van der Waals surface area contributed by atoms with Gasteiger partial charge in [-0.3, -0.25) is 9.63 Å². The first-order valence-corrected chi connectivity index (χ1v) is 4.27. The van der Waals surface area contributed by atoms with E-state index in [0.717, 1.165) is 5.06 Å². The molecule has 0 aliphatic carbocycles. The Morgan fingerprint density at radius 2 is 2.07 bits per heavy atom. The highest BCUT2D eigenvalue weighted by Gasteiger charge is 2.19. The van der Waals surface area contributed by atoms with E-state index < -0.39 is 12.1 Å². The van der Waals surface area contributed by atoms with Crippen molar-refractivity contribution >= 4 is 12.0 Å². The third-order valence-corrected chi connectivity index (χ3v) is 1.56. The number of nitrogens with zero attached hydrogens (tertiary/aromatic N) is 1. The van der Waals surface area contributed by atoms with Crippen molar-refractivity contribution in [3.63, 3.8) is 0 Å². The zero-order valence-corrected chi connectivity index (χ0v) is 8.86. The number of alkyl carbamates (subject to hydrolysis) is 1. The largest absolute Gasteiger partial charge is 0.450 e. The van der Waals surface area contributed by atoms with Gasteiger partial charge in [-0.1, -0.05) is 0 Å². The topological polar surface area (TPSA) is 67.9 Å². The summed E-state index contributed by atoms with van der Waals surface area (Å²) in [5.74, 6) is -0.347. The molecule has 82 valence electrons. The minimum absolute atomic E-state index is 0.271. The normalized spacial score (nSPS) is 11.7. The third kappa shape index (κ3) is 4.08. The second kappa shape index (κ2) is 6.20. The van der Waals surface area contributed by atoms with Crippen LogP contribution in [-0.4, -0.2) is 43.9 Å². The number of hydrogen-bond acceptors (Lipinski definition) is 4. The summed E-state index contributed by atoms with van der Waals surface area (Å²) in [4.78, 5) is 26.9. The van der Waals surface area contributed by atoms with Crippen LogP contribution in [0, 0.1) is 0 Å². The number of rotatable bonds is 4. The molecule has 0 rings (SSSR count). The molecule has 0 aromatic carbocycles. The zero-order chi connectivity index (χ0) is 11.1. The van der Waals surface area contributed by atoms with E-state index in [1.807, 2.05) is 0 Å². The molecule has 1 N–H and O–H groups in total. The molecule has 0 saturated heterocycles. The van der Waals surface area contributed by atoms with Crippen LogP contribution in [0.3, 0.4) is 0 Å². The van der Waals surface area contributed by atoms with Crippen molar-refractivity contribution in [2.45, 2.75) is 19.9 Å². The number of ether oxygens (including phenoxy) is 1. The first-order valence-electron chi connectivity index (χ1n) is 4.27. The maximum absolute atomic E-state index is 11.3. The number of nitrogens with one attached hydrogen (secondary N) is 1. The molecule has 0 aromatic heterocycles. The lowest BCUT2D eigenvalue weighted by molar-refractivity contribution is -0.170. The van der Waals surface area contributed by atoms with Crippen LogP contribution < -0.4 is 5.32 Å². The van der Waals surface area contributed by atoms with Crippen molar-refractivity contribution < 1.29 is 19.2 Å². The Balaban J connectivity index is 4.01. The van der Waals surface area contributed by atoms with E-state index in [1.165, 1.54) is 14.2 Å². The van der Waals surface area contributed by atoms with Crippen molar-refractivity contribution in [2.24, 2.45) is 0 Å². The molecule has 0 bridgehead atoms. The van der Waals surface area contributed by atoms with E-state index in [9.17, 15) is 9.59 Å². The Kier molecular flexibility index (Phi) is 5.62. The minimum Gasteiger partial charge on any atom is -0.450 e. The van der Waals surface area contributed by atoms with E-state index in [2.05, 4.69) is 14.9 Å². The molecule has 0 radical (unpaired) electrons. The number of carbonyl (C=O) groups excluding carboxylic acids is 2. The Bertz CT molecular complexity index is 208. The minimum atomic E-state index is -0.668. The molecule has 6 nitrogen and oxygen atoms in total. The summed E-state index contributed by atoms with van der Waals surface area (Å²) >= 11 is 0. The van der Waals surface area contributed by atoms with Gasteiger partial charge in [0, 0.05) is 7.05 Å². The molecule has 14 heavy (non-hydrogen) atoms. The molecule has 1 atom stereocenters. The van der Waals surface area contributed by atoms with Gasteiger partial charge in [0.25, 0.3) is 5.91 Å². The average molecular weight is 204 g/mol. The summed E-state index contributed by atoms with van der Waals surface area (Å²) in [5, 5.41) is 3.40. The standard InChI is InChI=1S/C8H16N2O4/c1-5-14-8(12)9-6(2)7(11)10(3)13-4/h6H,5H2,1-4H3,(H,9,12)/t6-/m0/s1. The summed E-state index contributed by atoms with van der Waals surface area (Å²) in [7, 11) is 2.83. The van der Waals surface area contributed by atoms with Gasteiger partial charge in [-0.05, 0) is 13.8 Å². The Morgan fingerprint density at radius 3 is 2.50 bits per heavy atom. The fourth-order valence-corrected chi connectivity index (χ4v) is 0.774. The number of hydrogen-bond donors (Lipinski definition) is 1. The van der Waals surface area contributed by atoms with E-state index in [1.54, 1.807) is 13.8 Å². The van der Waals surface area contributed by atoms with Crippen molar-refractivity contribution in [1.29, 1.82) is 0 Å². The van der Waals surface area contributed by atoms with Gasteiger partial charge in [-0.2, -0.15) is 0 Å². The SMILES string of the molecule is CCOC(=O)N[C@@H](C)C(=O)N(C)OC. The van der Waals surface area contributed by atoms with E-state index in [0.29, 0.717) is 0 Å². The maximum atomic E-state index is 11.3. The molecule has 6 heteroatoms. The smallest absolute Gasteiger partial charge is 0.407 e. The van der Waals surface area contributed by atoms with Crippen molar-refractivity contribution in [3.05, 3.63) is 0 Å². The average Bonchev–Trinajstić information content (AvgIpc) is 2.15. The van der Waals surface area contributed by atoms with Crippen LogP contribution in [0.5, 0.6) is 0 Å². The lowest BCUT2D eigenvalue weighted by Gasteiger charge is -2.19. The summed E-state index contributed by atoms with van der Waals surface area (Å²) in [6.45, 7) is 3.51. The molecule has 0 aromatic rings. The zero-order valence-electron chi connectivity index (χ0n) is 8.86. The highest BCUT2D eigenvalue weighted by atomic mass is 16.7. The monoisotopic (exact) mass is 204 g/mol. The van der Waals surface area contributed by atoms with Crippen LogP contribution >= 0.6 is 0 Å². The van der Waals surface area contributed by atoms with Crippen LogP contribution in [0.1, 0.15) is 13.8 Å². The molecule has 0 fully saturated rings. The second-order valence-corrected chi connectivity index (χ2v) is 2.60. The van der Waals surface area contributed by atoms with Gasteiger partial charge in [-0.25, -0.2) is 9.86 Å². The second-order valence-electron chi connectivity index (χ2n) is 2.60. The van der Waals surface area contributed by atoms with E-state index >= 15 is 0 Å². The first kappa shape index (κ1) is 12.7. The lowest BCUT2D eigenvalue weighted by atomic mass is 10.3. The van der Waals surface area contributed by atoms with Gasteiger partial charge in [0.1, 0.15) is 6.04 Å². The van der Waals surface area contributed by atoms with Gasteiger partial charge in [0.2, 0.25) is 0 Å². The van der Waals surface area contributed by atoms with E-state index in [-0.39, 0.29) is 12.5 Å². The van der Waals surface area contributed by atoms with Gasteiger partial charge in [-0.15, -0.1) is 0 Å². The van der Waals surface area contributed by atoms with Crippen molar-refractivity contribution in [2.75, 3.05) is 20.8 Å². The highest BCUT2D eigenvalue weighted by molar-refractivity contribution is 5.84. The molecular formula is C8H16N2O4. The molecule has 0 aliphatic heterocycles. The van der Waals surface area contributed by atoms with Gasteiger partial charge in [0.15, 0.2) is 0 Å². The fourth-order valence-electron chi connectivity index (χ4n) is 0.774. The first-order chi connectivity index (χ1) is 6.52. The van der Waals surface area contributed by atoms with E-state index in [4.69, 9.17) is 0 Å². The van der Waals surface area contributed by atoms with Gasteiger partial charge in [0.05, 0.1) is 13.7 Å². The molecule has 0 spiro atoms. The highest BCUT2D eigenvalue weighted by Crippen LogP contribution is 1.92. The van der Waals surface area contributed by atoms with Gasteiger partial charge < -0.3 is 10.1 Å². The van der Waals surface area contributed by atoms with Crippen LogP contribution in [0.25, 0.3) is 0 Å². The fraction of sp³-hybridized carbons (Fsp3) is 0.750. The van der Waals surface area contributed by atoms with Crippen molar-refractivity contribution in [3.8, 4) is 0 Å². The molecule has 0 aliphatic rings. The Morgan fingerprint density at radius 1 is 1.50 bits per heavy atom. The van der Waals surface area contributed by atoms with Crippen LogP contribution in [0.15, 0.2) is 0 Å². The summed E-state index contributed by atoms with van der Waals surface area (Å²) < 4.78 is 4.61. The van der Waals surface area contributed by atoms with Gasteiger partial charge >= 0.3 is 6.09 Å². The summed E-state index contributed by atoms with van der Waals surface area (Å²) in [6.07, 6.45) is -0.613. The van der Waals surface area contributed by atoms with Crippen molar-refractivity contribution in [1.82, 2.24) is 10.4 Å². The Hall–Kier alpha value is -1.30. The quantitative estimate of drug-likeness (QED) is 0.661. The summed E-state index contributed by atoms with van der Waals surface area (Å²) in [6, 6.07) is -0.668. The molecule has 0 unspecified atom stereocenters. The maximum Gasteiger partial charge on any atom is 0.407 e. The molecule has 0 heterocycles. The summed E-state index contributed by atoms with van der Waals surface area (Å²) in [5.41, 5.74) is 0. The molecular weight excluding hydrogens is 188 g/mol. The number of amides is 2. The number of hydroxylamine groups is 2. The predicted octanol–water partition coefficient (Wildman–Crippen LogP) is 0.141. The molecule has 2 amide bonds. The Labute approximate surface area is 83.1 Å².